The van der Waals surface area contributed by atoms with Gasteiger partial charge in [-0.15, -0.1) is 45.3 Å². The van der Waals surface area contributed by atoms with Gasteiger partial charge in [-0.2, -0.15) is 0 Å². The maximum atomic E-state index is 5.16. The third-order valence-electron chi connectivity index (χ3n) is 25.0. The maximum Gasteiger partial charge on any atom is 0.0895 e. The van der Waals surface area contributed by atoms with Gasteiger partial charge in [0.05, 0.1) is 102 Å². The fourth-order valence-electron chi connectivity index (χ4n) is 19.4. The fraction of sp³-hybridized carbons (Fsp3) is 0. The van der Waals surface area contributed by atoms with E-state index in [1.54, 1.807) is 11.3 Å². The summed E-state index contributed by atoms with van der Waals surface area (Å²) in [6.07, 6.45) is 5.64. The predicted octanol–water partition coefficient (Wildman–Crippen LogP) is 32.9. The monoisotopic (exact) mass is 1700 g/mol. The highest BCUT2D eigenvalue weighted by Crippen LogP contribution is 2.47. The van der Waals surface area contributed by atoms with Gasteiger partial charge in [0, 0.05) is 130 Å². The van der Waals surface area contributed by atoms with Gasteiger partial charge in [-0.3, -0.25) is 15.0 Å². The average Bonchev–Trinajstić information content (AvgIpc) is 1.58. The van der Waals surface area contributed by atoms with Crippen molar-refractivity contribution in [3.63, 3.8) is 0 Å². The summed E-state index contributed by atoms with van der Waals surface area (Å²) in [5.41, 5.74) is 28.5. The second-order valence-corrected chi connectivity index (χ2v) is 36.4. The molecule has 128 heavy (non-hydrogen) atoms. The first-order chi connectivity index (χ1) is 63.5. The van der Waals surface area contributed by atoms with Gasteiger partial charge in [0.2, 0.25) is 0 Å². The molecule has 0 amide bonds. The second kappa shape index (κ2) is 31.2. The number of hydrogen-bond donors (Lipinski definition) is 0. The van der Waals surface area contributed by atoms with Crippen LogP contribution in [0.3, 0.4) is 0 Å². The summed E-state index contributed by atoms with van der Waals surface area (Å²) in [5, 5.41) is 15.1. The molecule has 0 radical (unpaired) electrons. The van der Waals surface area contributed by atoms with Crippen molar-refractivity contribution in [2.45, 2.75) is 0 Å². The molecule has 0 atom stereocenters. The van der Waals surface area contributed by atoms with Gasteiger partial charge in [-0.25, -0.2) is 4.98 Å². The molecule has 28 aromatic rings. The van der Waals surface area contributed by atoms with Crippen molar-refractivity contribution < 1.29 is 0 Å². The van der Waals surface area contributed by atoms with Crippen molar-refractivity contribution in [2.75, 3.05) is 0 Å². The lowest BCUT2D eigenvalue weighted by Crippen LogP contribution is -1.97. The highest BCUT2D eigenvalue weighted by atomic mass is 32.1. The molecule has 0 aliphatic heterocycles. The normalized spacial score (nSPS) is 11.8. The van der Waals surface area contributed by atoms with E-state index in [-0.39, 0.29) is 0 Å². The van der Waals surface area contributed by atoms with Gasteiger partial charge in [0.1, 0.15) is 0 Å². The largest absolute Gasteiger partial charge is 0.309 e. The van der Waals surface area contributed by atoms with E-state index in [2.05, 4.69) is 434 Å². The molecule has 8 nitrogen and oxygen atoms in total. The summed E-state index contributed by atoms with van der Waals surface area (Å²) >= 11 is 7.27. The molecule has 12 heteroatoms. The van der Waals surface area contributed by atoms with Crippen LogP contribution in [0.1, 0.15) is 0 Å². The van der Waals surface area contributed by atoms with Gasteiger partial charge < -0.3 is 18.3 Å². The number of nitrogens with zero attached hydrogens (tertiary/aromatic N) is 8. The van der Waals surface area contributed by atoms with Gasteiger partial charge in [-0.1, -0.05) is 279 Å². The average molecular weight is 1710 g/mol. The quantitative estimate of drug-likeness (QED) is 0.152. The van der Waals surface area contributed by atoms with E-state index in [4.69, 9.17) is 4.98 Å². The van der Waals surface area contributed by atoms with Crippen LogP contribution in [0.25, 0.3) is 236 Å². The summed E-state index contributed by atoms with van der Waals surface area (Å²) in [7, 11) is 0. The molecule has 0 aliphatic rings. The minimum Gasteiger partial charge on any atom is -0.309 e. The van der Waals surface area contributed by atoms with Crippen LogP contribution in [0.15, 0.2) is 437 Å². The third-order valence-corrected chi connectivity index (χ3v) is 29.7. The zero-order valence-electron chi connectivity index (χ0n) is 68.8. The molecule has 0 spiro atoms. The van der Waals surface area contributed by atoms with E-state index in [1.807, 2.05) is 70.8 Å². The van der Waals surface area contributed by atoms with E-state index in [9.17, 15) is 0 Å². The Morgan fingerprint density at radius 1 is 0.180 bits per heavy atom. The molecule has 600 valence electrons. The lowest BCUT2D eigenvalue weighted by molar-refractivity contribution is 1.18. The highest BCUT2D eigenvalue weighted by Gasteiger charge is 2.23. The second-order valence-electron chi connectivity index (χ2n) is 32.2. The van der Waals surface area contributed by atoms with Crippen LogP contribution < -0.4 is 0 Å². The third kappa shape index (κ3) is 12.4. The summed E-state index contributed by atoms with van der Waals surface area (Å²) in [4.78, 5) is 19.1. The number of rotatable bonds is 8. The lowest BCUT2D eigenvalue weighted by atomic mass is 10.0. The molecule has 0 saturated heterocycles. The number of aromatic nitrogens is 8. The molecule has 0 bridgehead atoms. The predicted molar refractivity (Wildman–Crippen MR) is 548 cm³/mol. The number of para-hydroxylation sites is 10. The Kier molecular flexibility index (Phi) is 18.2. The van der Waals surface area contributed by atoms with Crippen molar-refractivity contribution in [2.24, 2.45) is 0 Å². The lowest BCUT2D eigenvalue weighted by Gasteiger charge is -2.14. The topological polar surface area (TPSA) is 71.3 Å². The van der Waals surface area contributed by atoms with Crippen molar-refractivity contribution in [3.05, 3.63) is 437 Å². The summed E-state index contributed by atoms with van der Waals surface area (Å²) in [6, 6.07) is 149. The van der Waals surface area contributed by atoms with E-state index >= 15 is 0 Å². The van der Waals surface area contributed by atoms with Crippen LogP contribution >= 0.6 is 45.3 Å². The summed E-state index contributed by atoms with van der Waals surface area (Å²) < 4.78 is 19.6. The Balaban J connectivity index is 0.0000000926. The minimum atomic E-state index is 0.999. The Hall–Kier alpha value is -15.8. The van der Waals surface area contributed by atoms with Gasteiger partial charge in [0.15, 0.2) is 0 Å². The Labute approximate surface area is 750 Å². The number of pyridine rings is 4. The van der Waals surface area contributed by atoms with E-state index in [1.165, 1.54) is 197 Å². The van der Waals surface area contributed by atoms with Crippen molar-refractivity contribution in [3.8, 4) is 67.4 Å². The minimum absolute atomic E-state index is 0.999. The van der Waals surface area contributed by atoms with E-state index in [0.29, 0.717) is 0 Å². The van der Waals surface area contributed by atoms with Gasteiger partial charge in [0.25, 0.3) is 0 Å². The number of fused-ring (bicyclic) bond motifs is 24. The molecular weight excluding hydrogens is 1630 g/mol. The standard InChI is InChI=1S/4C29H18N2S/c1-5-13-24-19(9-1)20-10-2-6-14-25(20)31(24)26-15-7-3-11-21(26)23-17-18-28-29(30-23)22-12-4-8-16-27(22)32-28;1-4-14-24-19(9-1)20-10-2-5-15-25(20)31(24)26-16-6-3-11-21(26)22-12-7-13-23-28-27(32-29(22)23)17-8-18-30-28;1-3-14-25-22(10-1)23-11-2-4-15-26(23)31(25)20-9-5-8-19(18-20)21-12-6-13-24-28-27(32-29(21)24)16-7-17-30-28;1-3-11-25-22(7-1)23-8-2-4-12-26(23)31(25)20-16-14-19(15-17-20)21-9-5-10-24-28-27(32-29(21)24)13-6-18-30-28/h4*1-18H. The van der Waals surface area contributed by atoms with Gasteiger partial charge >= 0.3 is 0 Å². The Bertz CT molecular complexity index is 9050. The molecule has 12 aromatic heterocycles. The van der Waals surface area contributed by atoms with Crippen LogP contribution in [0.2, 0.25) is 0 Å². The fourth-order valence-corrected chi connectivity index (χ4v) is 24.0. The zero-order valence-corrected chi connectivity index (χ0v) is 72.0. The molecule has 28 rings (SSSR count). The zero-order chi connectivity index (χ0) is 84.3. The molecule has 0 fully saturated rings. The molecule has 12 heterocycles. The molecule has 0 N–H and O–H groups in total. The number of hydrogen-bond acceptors (Lipinski definition) is 8. The smallest absolute Gasteiger partial charge is 0.0895 e. The van der Waals surface area contributed by atoms with Crippen molar-refractivity contribution in [1.82, 2.24) is 38.2 Å². The van der Waals surface area contributed by atoms with E-state index in [0.717, 1.165) is 39.0 Å². The molecule has 0 aliphatic carbocycles. The van der Waals surface area contributed by atoms with Crippen LogP contribution in [0.4, 0.5) is 0 Å². The molecule has 16 aromatic carbocycles. The molecule has 0 unspecified atom stereocenters. The van der Waals surface area contributed by atoms with Crippen LogP contribution in [0.5, 0.6) is 0 Å². The Morgan fingerprint density at radius 2 is 0.500 bits per heavy atom. The maximum absolute atomic E-state index is 5.16. The van der Waals surface area contributed by atoms with Crippen LogP contribution in [0, 0.1) is 0 Å². The SMILES string of the molecule is c1cc(-c2cccc3c2sc2cccnc23)cc(-n2c3ccccc3c3ccccc32)c1.c1ccc(-n2c3ccccc3c3ccccc32)c(-c2ccc3sc4ccccc4c3n2)c1.c1ccc(-n2c3ccccc3c3ccccc32)c(-c2cccc3c2sc2cccnc23)c1.c1cnc2c(c1)sc1c(-c3ccc(-n4c5ccccc5c5ccccc54)cc3)cccc12. The number of benzene rings is 16. The van der Waals surface area contributed by atoms with Crippen molar-refractivity contribution in [1.29, 1.82) is 0 Å². The van der Waals surface area contributed by atoms with Gasteiger partial charge in [-0.05, 0) is 162 Å². The highest BCUT2D eigenvalue weighted by molar-refractivity contribution is 7.27. The first-order valence-electron chi connectivity index (χ1n) is 43.0. The van der Waals surface area contributed by atoms with Crippen molar-refractivity contribution >= 4 is 214 Å². The molecule has 0 saturated carbocycles. The Morgan fingerprint density at radius 3 is 0.953 bits per heavy atom. The van der Waals surface area contributed by atoms with Crippen LogP contribution in [-0.2, 0) is 0 Å². The number of thiophene rings is 4. The van der Waals surface area contributed by atoms with E-state index < -0.39 is 0 Å². The summed E-state index contributed by atoms with van der Waals surface area (Å²) in [5.74, 6) is 0. The van der Waals surface area contributed by atoms with Crippen LogP contribution in [-0.4, -0.2) is 38.2 Å². The first kappa shape index (κ1) is 74.8. The summed E-state index contributed by atoms with van der Waals surface area (Å²) in [6.45, 7) is 0. The molecular formula is C116H72N8S4. The first-order valence-corrected chi connectivity index (χ1v) is 46.2.